The van der Waals surface area contributed by atoms with Crippen LogP contribution in [0.15, 0.2) is 11.6 Å². The van der Waals surface area contributed by atoms with Crippen molar-refractivity contribution >= 4 is 33.2 Å². The van der Waals surface area contributed by atoms with Crippen molar-refractivity contribution < 1.29 is 0 Å². The fourth-order valence-corrected chi connectivity index (χ4v) is 4.82. The highest BCUT2D eigenvalue weighted by atomic mass is 32.1. The summed E-state index contributed by atoms with van der Waals surface area (Å²) in [6, 6.07) is 4.50. The molecule has 1 aliphatic rings. The van der Waals surface area contributed by atoms with E-state index in [2.05, 4.69) is 29.4 Å². The van der Waals surface area contributed by atoms with Gasteiger partial charge >= 0.3 is 0 Å². The fraction of sp³-hybridized carbons (Fsp3) is 0.353. The molecule has 1 aliphatic carbocycles. The van der Waals surface area contributed by atoms with E-state index in [9.17, 15) is 10.5 Å². The average molecular weight is 340 g/mol. The SMILES string of the molecule is Cc1csc(/C(C#N)=C/Nc2sc3c(c2C#N)CC[C@H](C)C3)n1. The van der Waals surface area contributed by atoms with Crippen molar-refractivity contribution in [3.8, 4) is 12.1 Å². The largest absolute Gasteiger partial charge is 0.351 e. The third-order valence-corrected chi connectivity index (χ3v) is 6.12. The number of thiazole rings is 1. The lowest BCUT2D eigenvalue weighted by Crippen LogP contribution is -2.09. The maximum absolute atomic E-state index is 9.49. The number of rotatable bonds is 3. The predicted octanol–water partition coefficient (Wildman–Crippen LogP) is 4.49. The van der Waals surface area contributed by atoms with Crippen LogP contribution in [0.2, 0.25) is 0 Å². The number of aromatic nitrogens is 1. The average Bonchev–Trinajstić information content (AvgIpc) is 3.10. The van der Waals surface area contributed by atoms with E-state index >= 15 is 0 Å². The molecule has 0 saturated heterocycles. The van der Waals surface area contributed by atoms with Crippen molar-refractivity contribution in [2.75, 3.05) is 5.32 Å². The van der Waals surface area contributed by atoms with Crippen LogP contribution in [-0.4, -0.2) is 4.98 Å². The van der Waals surface area contributed by atoms with Crippen molar-refractivity contribution in [2.45, 2.75) is 33.1 Å². The molecule has 0 aliphatic heterocycles. The van der Waals surface area contributed by atoms with Gasteiger partial charge in [0.15, 0.2) is 0 Å². The molecule has 116 valence electrons. The number of anilines is 1. The molecule has 0 bridgehead atoms. The highest BCUT2D eigenvalue weighted by Gasteiger charge is 2.23. The highest BCUT2D eigenvalue weighted by molar-refractivity contribution is 7.16. The fourth-order valence-electron chi connectivity index (χ4n) is 2.73. The van der Waals surface area contributed by atoms with Gasteiger partial charge in [-0.05, 0) is 37.7 Å². The molecule has 0 saturated carbocycles. The smallest absolute Gasteiger partial charge is 0.135 e. The Balaban J connectivity index is 1.90. The Morgan fingerprint density at radius 3 is 2.96 bits per heavy atom. The van der Waals surface area contributed by atoms with Gasteiger partial charge in [-0.25, -0.2) is 4.98 Å². The van der Waals surface area contributed by atoms with Gasteiger partial charge in [-0.3, -0.25) is 0 Å². The molecule has 3 rings (SSSR count). The van der Waals surface area contributed by atoms with E-state index in [0.29, 0.717) is 16.5 Å². The Morgan fingerprint density at radius 1 is 1.48 bits per heavy atom. The van der Waals surface area contributed by atoms with E-state index in [1.54, 1.807) is 17.5 Å². The summed E-state index contributed by atoms with van der Waals surface area (Å²) >= 11 is 3.09. The summed E-state index contributed by atoms with van der Waals surface area (Å²) < 4.78 is 0. The van der Waals surface area contributed by atoms with Crippen LogP contribution in [0.25, 0.3) is 5.57 Å². The lowest BCUT2D eigenvalue weighted by atomic mass is 9.89. The lowest BCUT2D eigenvalue weighted by Gasteiger charge is -2.17. The molecule has 0 spiro atoms. The monoisotopic (exact) mass is 340 g/mol. The van der Waals surface area contributed by atoms with E-state index in [1.165, 1.54) is 21.8 Å². The molecule has 23 heavy (non-hydrogen) atoms. The van der Waals surface area contributed by atoms with Crippen molar-refractivity contribution in [1.29, 1.82) is 10.5 Å². The maximum Gasteiger partial charge on any atom is 0.135 e. The Kier molecular flexibility index (Phi) is 4.47. The summed E-state index contributed by atoms with van der Waals surface area (Å²) in [6.45, 7) is 4.16. The zero-order valence-electron chi connectivity index (χ0n) is 13.0. The first-order valence-electron chi connectivity index (χ1n) is 7.46. The van der Waals surface area contributed by atoms with Gasteiger partial charge in [0.25, 0.3) is 0 Å². The molecular weight excluding hydrogens is 324 g/mol. The lowest BCUT2D eigenvalue weighted by molar-refractivity contribution is 0.507. The molecule has 6 heteroatoms. The second-order valence-electron chi connectivity index (χ2n) is 5.78. The molecule has 1 N–H and O–H groups in total. The molecule has 2 aromatic rings. The number of hydrogen-bond donors (Lipinski definition) is 1. The van der Waals surface area contributed by atoms with Gasteiger partial charge < -0.3 is 5.32 Å². The zero-order chi connectivity index (χ0) is 16.4. The summed E-state index contributed by atoms with van der Waals surface area (Å²) in [4.78, 5) is 5.64. The Labute approximate surface area is 143 Å². The molecular formula is C17H16N4S2. The minimum absolute atomic E-state index is 0.492. The van der Waals surface area contributed by atoms with Crippen molar-refractivity contribution in [2.24, 2.45) is 5.92 Å². The van der Waals surface area contributed by atoms with Crippen LogP contribution in [-0.2, 0) is 12.8 Å². The van der Waals surface area contributed by atoms with Gasteiger partial charge in [0, 0.05) is 22.2 Å². The standard InChI is InChI=1S/C17H16N4S2/c1-10-3-4-13-14(7-19)17(23-15(13)5-10)20-8-12(6-18)16-21-11(2)9-22-16/h8-10,20H,3-5H2,1-2H3/b12-8+/t10-/m0/s1. The van der Waals surface area contributed by atoms with Gasteiger partial charge in [0.1, 0.15) is 27.7 Å². The van der Waals surface area contributed by atoms with Crippen LogP contribution in [0.1, 0.15) is 40.1 Å². The molecule has 4 nitrogen and oxygen atoms in total. The first-order valence-corrected chi connectivity index (χ1v) is 9.16. The number of aryl methyl sites for hydroxylation is 1. The summed E-state index contributed by atoms with van der Waals surface area (Å²) in [5, 5.41) is 25.5. The van der Waals surface area contributed by atoms with Gasteiger partial charge in [-0.1, -0.05) is 6.92 Å². The molecule has 0 fully saturated rings. The summed E-state index contributed by atoms with van der Waals surface area (Å²) in [6.07, 6.45) is 4.81. The van der Waals surface area contributed by atoms with E-state index in [1.807, 2.05) is 12.3 Å². The molecule has 0 amide bonds. The highest BCUT2D eigenvalue weighted by Crippen LogP contribution is 2.39. The first kappa shape index (κ1) is 15.7. The minimum atomic E-state index is 0.492. The van der Waals surface area contributed by atoms with Crippen molar-refractivity contribution in [3.63, 3.8) is 0 Å². The van der Waals surface area contributed by atoms with Gasteiger partial charge in [0.2, 0.25) is 0 Å². The van der Waals surface area contributed by atoms with Gasteiger partial charge in [0.05, 0.1) is 5.56 Å². The van der Waals surface area contributed by atoms with E-state index < -0.39 is 0 Å². The van der Waals surface area contributed by atoms with Crippen LogP contribution in [0.3, 0.4) is 0 Å². The van der Waals surface area contributed by atoms with Crippen molar-refractivity contribution in [3.05, 3.63) is 38.3 Å². The van der Waals surface area contributed by atoms with Crippen LogP contribution in [0, 0.1) is 35.5 Å². The number of allylic oxidation sites excluding steroid dienone is 1. The number of thiophene rings is 1. The Morgan fingerprint density at radius 2 is 2.30 bits per heavy atom. The van der Waals surface area contributed by atoms with Crippen LogP contribution >= 0.6 is 22.7 Å². The minimum Gasteiger partial charge on any atom is -0.351 e. The number of nitriles is 2. The molecule has 2 heterocycles. The Hall–Kier alpha value is -2.15. The zero-order valence-corrected chi connectivity index (χ0v) is 14.6. The van der Waals surface area contributed by atoms with E-state index in [4.69, 9.17) is 0 Å². The van der Waals surface area contributed by atoms with Crippen LogP contribution < -0.4 is 5.32 Å². The summed E-state index contributed by atoms with van der Waals surface area (Å²) in [5.74, 6) is 0.670. The number of fused-ring (bicyclic) bond motifs is 1. The molecule has 1 atom stereocenters. The van der Waals surface area contributed by atoms with Crippen LogP contribution in [0.4, 0.5) is 5.00 Å². The second kappa shape index (κ2) is 6.54. The van der Waals surface area contributed by atoms with E-state index in [0.717, 1.165) is 35.5 Å². The number of hydrogen-bond acceptors (Lipinski definition) is 6. The number of nitrogens with zero attached hydrogens (tertiary/aromatic N) is 3. The Bertz CT molecular complexity index is 845. The summed E-state index contributed by atoms with van der Waals surface area (Å²) in [5.41, 5.74) is 3.33. The normalized spacial score (nSPS) is 17.2. The van der Waals surface area contributed by atoms with Gasteiger partial charge in [-0.2, -0.15) is 10.5 Å². The van der Waals surface area contributed by atoms with Gasteiger partial charge in [-0.15, -0.1) is 22.7 Å². The molecule has 0 radical (unpaired) electrons. The van der Waals surface area contributed by atoms with E-state index in [-0.39, 0.29) is 0 Å². The second-order valence-corrected chi connectivity index (χ2v) is 7.74. The third-order valence-electron chi connectivity index (χ3n) is 3.94. The molecule has 2 aromatic heterocycles. The molecule has 0 aromatic carbocycles. The predicted molar refractivity (Wildman–Crippen MR) is 94.3 cm³/mol. The first-order chi connectivity index (χ1) is 11.1. The maximum atomic E-state index is 9.49. The van der Waals surface area contributed by atoms with Crippen LogP contribution in [0.5, 0.6) is 0 Å². The summed E-state index contributed by atoms with van der Waals surface area (Å²) in [7, 11) is 0. The quantitative estimate of drug-likeness (QED) is 0.836. The van der Waals surface area contributed by atoms with Crippen molar-refractivity contribution in [1.82, 2.24) is 4.98 Å². The topological polar surface area (TPSA) is 72.5 Å². The molecule has 0 unspecified atom stereocenters. The number of nitrogens with one attached hydrogen (secondary N) is 1. The third kappa shape index (κ3) is 3.14.